The second-order valence-corrected chi connectivity index (χ2v) is 19.4. The molecule has 0 amide bonds. The fourth-order valence-corrected chi connectivity index (χ4v) is 7.94. The van der Waals surface area contributed by atoms with Crippen LogP contribution in [0.1, 0.15) is 239 Å². The van der Waals surface area contributed by atoms with Gasteiger partial charge in [-0.2, -0.15) is 0 Å². The van der Waals surface area contributed by atoms with Gasteiger partial charge in [0.1, 0.15) is 12.6 Å². The number of hydrogen-bond acceptors (Lipinski definition) is 7. The van der Waals surface area contributed by atoms with Gasteiger partial charge in [-0.05, 0) is 77.0 Å². The summed E-state index contributed by atoms with van der Waals surface area (Å²) in [5.74, 6) is -1.74. The summed E-state index contributed by atoms with van der Waals surface area (Å²) in [6.07, 6.45) is 61.1. The zero-order chi connectivity index (χ0) is 48.4. The van der Waals surface area contributed by atoms with Gasteiger partial charge in [-0.25, -0.2) is 0 Å². The van der Waals surface area contributed by atoms with Gasteiger partial charge in [0.25, 0.3) is 0 Å². The Labute approximate surface area is 407 Å². The van der Waals surface area contributed by atoms with E-state index in [0.29, 0.717) is 12.8 Å². The van der Waals surface area contributed by atoms with E-state index >= 15 is 0 Å². The van der Waals surface area contributed by atoms with Crippen LogP contribution in [-0.2, 0) is 28.6 Å². The van der Waals surface area contributed by atoms with Crippen molar-refractivity contribution in [1.29, 1.82) is 0 Å². The fourth-order valence-electron chi connectivity index (χ4n) is 7.94. The van der Waals surface area contributed by atoms with Crippen molar-refractivity contribution < 1.29 is 38.2 Å². The van der Waals surface area contributed by atoms with Gasteiger partial charge in [-0.15, -0.1) is 0 Å². The Morgan fingerprint density at radius 3 is 1.26 bits per heavy atom. The largest absolute Gasteiger partial charge is 0.544 e. The van der Waals surface area contributed by atoms with Crippen LogP contribution in [0.5, 0.6) is 0 Å². The van der Waals surface area contributed by atoms with Gasteiger partial charge in [0.2, 0.25) is 0 Å². The number of hydrogen-bond donors (Lipinski definition) is 0. The predicted molar refractivity (Wildman–Crippen MR) is 277 cm³/mol. The third-order valence-corrected chi connectivity index (χ3v) is 12.1. The van der Waals surface area contributed by atoms with Crippen molar-refractivity contribution in [3.05, 3.63) is 60.8 Å². The zero-order valence-corrected chi connectivity index (χ0v) is 43.6. The Bertz CT molecular complexity index is 1260. The van der Waals surface area contributed by atoms with Gasteiger partial charge >= 0.3 is 11.9 Å². The van der Waals surface area contributed by atoms with E-state index in [0.717, 1.165) is 70.6 Å². The number of ether oxygens (including phenoxy) is 3. The van der Waals surface area contributed by atoms with Crippen molar-refractivity contribution in [2.45, 2.75) is 251 Å². The van der Waals surface area contributed by atoms with E-state index < -0.39 is 18.1 Å². The molecule has 2 unspecified atom stereocenters. The lowest BCUT2D eigenvalue weighted by molar-refractivity contribution is -0.889. The van der Waals surface area contributed by atoms with Crippen molar-refractivity contribution in [2.75, 3.05) is 41.0 Å². The number of quaternary nitrogens is 1. The van der Waals surface area contributed by atoms with Crippen molar-refractivity contribution >= 4 is 17.9 Å². The van der Waals surface area contributed by atoms with Gasteiger partial charge in [0.15, 0.2) is 6.10 Å². The summed E-state index contributed by atoms with van der Waals surface area (Å²) in [5.41, 5.74) is 0. The van der Waals surface area contributed by atoms with Gasteiger partial charge in [-0.1, -0.05) is 203 Å². The molecule has 0 aliphatic carbocycles. The SMILES string of the molecule is CC/C=C/C/C=C/C/C=C/CCCCCCCCCCCCC(=O)OC(COCCC(C(=O)[O-])[N+](C)(C)C)COC(=O)CCCCCCCCC/C=C/C/C=C/CCCCCCCCCC. The Morgan fingerprint density at radius 1 is 0.470 bits per heavy atom. The van der Waals surface area contributed by atoms with Gasteiger partial charge < -0.3 is 28.6 Å². The first-order valence-corrected chi connectivity index (χ1v) is 27.3. The minimum atomic E-state index is -1.13. The van der Waals surface area contributed by atoms with Crippen molar-refractivity contribution in [2.24, 2.45) is 0 Å². The zero-order valence-electron chi connectivity index (χ0n) is 43.6. The van der Waals surface area contributed by atoms with E-state index in [1.165, 1.54) is 135 Å². The summed E-state index contributed by atoms with van der Waals surface area (Å²) in [5, 5.41) is 11.7. The van der Waals surface area contributed by atoms with Crippen molar-refractivity contribution in [3.8, 4) is 0 Å². The second-order valence-electron chi connectivity index (χ2n) is 19.4. The molecule has 0 rings (SSSR count). The van der Waals surface area contributed by atoms with E-state index in [4.69, 9.17) is 14.2 Å². The fraction of sp³-hybridized carbons (Fsp3) is 0.776. The normalized spacial score (nSPS) is 13.3. The smallest absolute Gasteiger partial charge is 0.306 e. The quantitative estimate of drug-likeness (QED) is 0.0259. The summed E-state index contributed by atoms with van der Waals surface area (Å²) >= 11 is 0. The van der Waals surface area contributed by atoms with E-state index in [9.17, 15) is 19.5 Å². The number of nitrogens with zero attached hydrogens (tertiary/aromatic N) is 1. The maximum absolute atomic E-state index is 12.8. The number of allylic oxidation sites excluding steroid dienone is 10. The molecule has 2 atom stereocenters. The lowest BCUT2D eigenvalue weighted by atomic mass is 10.0. The third kappa shape index (κ3) is 46.2. The topological polar surface area (TPSA) is 102 Å². The number of aliphatic carboxylic acids is 1. The molecule has 0 aliphatic rings. The van der Waals surface area contributed by atoms with E-state index in [1.807, 2.05) is 0 Å². The highest BCUT2D eigenvalue weighted by molar-refractivity contribution is 5.70. The maximum Gasteiger partial charge on any atom is 0.306 e. The molecular weight excluding hydrogens is 823 g/mol. The maximum atomic E-state index is 12.8. The van der Waals surface area contributed by atoms with Gasteiger partial charge in [0.05, 0.1) is 40.3 Å². The minimum absolute atomic E-state index is 0.0356. The molecule has 0 spiro atoms. The molecule has 8 heteroatoms. The van der Waals surface area contributed by atoms with Crippen LogP contribution in [0.3, 0.4) is 0 Å². The number of carboxylic acid groups (broad SMARTS) is 1. The first-order chi connectivity index (χ1) is 32.1. The van der Waals surface area contributed by atoms with Crippen LogP contribution in [0.2, 0.25) is 0 Å². The summed E-state index contributed by atoms with van der Waals surface area (Å²) in [7, 11) is 5.42. The molecule has 0 fully saturated rings. The number of esters is 2. The first kappa shape index (κ1) is 63.0. The summed E-state index contributed by atoms with van der Waals surface area (Å²) < 4.78 is 17.3. The highest BCUT2D eigenvalue weighted by Crippen LogP contribution is 2.15. The molecule has 0 aliphatic heterocycles. The number of carbonyl (C=O) groups excluding carboxylic acids is 3. The number of carboxylic acids is 1. The monoisotopic (exact) mass is 926 g/mol. The number of likely N-dealkylation sites (N-methyl/N-ethyl adjacent to an activating group) is 1. The molecule has 0 N–H and O–H groups in total. The molecular formula is C58H103NO7. The van der Waals surface area contributed by atoms with Crippen molar-refractivity contribution in [3.63, 3.8) is 0 Å². The molecule has 8 nitrogen and oxygen atoms in total. The molecule has 0 saturated carbocycles. The number of unbranched alkanes of at least 4 members (excludes halogenated alkanes) is 25. The number of rotatable bonds is 49. The first-order valence-electron chi connectivity index (χ1n) is 27.3. The highest BCUT2D eigenvalue weighted by atomic mass is 16.6. The van der Waals surface area contributed by atoms with E-state index in [-0.39, 0.29) is 42.7 Å². The Morgan fingerprint density at radius 2 is 0.848 bits per heavy atom. The molecule has 0 aromatic heterocycles. The van der Waals surface area contributed by atoms with Crippen LogP contribution in [-0.4, -0.2) is 75.5 Å². The Kier molecular flexibility index (Phi) is 46.3. The average Bonchev–Trinajstić information content (AvgIpc) is 3.28. The Balaban J connectivity index is 4.22. The predicted octanol–water partition coefficient (Wildman–Crippen LogP) is 14.8. The lowest BCUT2D eigenvalue weighted by Crippen LogP contribution is -2.55. The summed E-state index contributed by atoms with van der Waals surface area (Å²) in [4.78, 5) is 37.1. The second kappa shape index (κ2) is 48.5. The van der Waals surface area contributed by atoms with Crippen LogP contribution in [0.25, 0.3) is 0 Å². The van der Waals surface area contributed by atoms with Crippen LogP contribution in [0.4, 0.5) is 0 Å². The average molecular weight is 926 g/mol. The molecule has 0 bridgehead atoms. The van der Waals surface area contributed by atoms with Crippen LogP contribution in [0, 0.1) is 0 Å². The van der Waals surface area contributed by atoms with Crippen LogP contribution in [0.15, 0.2) is 60.8 Å². The van der Waals surface area contributed by atoms with Gasteiger partial charge in [0, 0.05) is 19.3 Å². The van der Waals surface area contributed by atoms with Crippen LogP contribution >= 0.6 is 0 Å². The Hall–Kier alpha value is -2.97. The summed E-state index contributed by atoms with van der Waals surface area (Å²) in [6, 6.07) is -0.730. The molecule has 0 radical (unpaired) electrons. The molecule has 0 aromatic carbocycles. The number of carbonyl (C=O) groups is 3. The van der Waals surface area contributed by atoms with Gasteiger partial charge in [-0.3, -0.25) is 9.59 Å². The third-order valence-electron chi connectivity index (χ3n) is 12.1. The molecule has 382 valence electrons. The molecule has 0 saturated heterocycles. The van der Waals surface area contributed by atoms with Crippen LogP contribution < -0.4 is 5.11 Å². The highest BCUT2D eigenvalue weighted by Gasteiger charge is 2.25. The molecule has 0 heterocycles. The molecule has 66 heavy (non-hydrogen) atoms. The standard InChI is InChI=1S/C58H103NO7/c1-6-8-10-12-14-16-18-20-22-24-26-28-29-31-32-34-36-38-40-42-44-46-48-56(60)65-53-54(52-64-51-50-55(58(62)63)59(3,4)5)66-57(61)49-47-45-43-41-39-37-35-33-30-27-25-23-21-19-17-15-13-11-9-7-2/h9,11,15,17,21,23-24,26,29,31,54-55H,6-8,10,12-14,16,18-20,22,25,27-28,30,32-53H2,1-5H3/b11-9+,17-15+,23-21+,26-24+,31-29+. The van der Waals surface area contributed by atoms with Crippen molar-refractivity contribution in [1.82, 2.24) is 0 Å². The summed E-state index contributed by atoms with van der Waals surface area (Å²) in [6.45, 7) is 4.56. The minimum Gasteiger partial charge on any atom is -0.544 e. The lowest BCUT2D eigenvalue weighted by Gasteiger charge is -2.34. The van der Waals surface area contributed by atoms with E-state index in [1.54, 1.807) is 21.1 Å². The molecule has 0 aromatic rings. The van der Waals surface area contributed by atoms with E-state index in [2.05, 4.69) is 74.6 Å².